The van der Waals surface area contributed by atoms with E-state index in [1.807, 2.05) is 13.0 Å². The van der Waals surface area contributed by atoms with Crippen LogP contribution in [0.4, 0.5) is 5.69 Å². The molecule has 1 aromatic carbocycles. The summed E-state index contributed by atoms with van der Waals surface area (Å²) in [6.07, 6.45) is 4.08. The Kier molecular flexibility index (Phi) is 3.70. The first-order valence-corrected chi connectivity index (χ1v) is 7.80. The van der Waals surface area contributed by atoms with Crippen LogP contribution in [-0.2, 0) is 22.4 Å². The molecule has 1 aromatic rings. The molecule has 1 unspecified atom stereocenters. The number of amides is 2. The molecule has 112 valence electrons. The molecule has 3 rings (SSSR count). The molecular formula is C17H22N2O2. The molecular weight excluding hydrogens is 264 g/mol. The number of aryl methyl sites for hydroxylation is 2. The van der Waals surface area contributed by atoms with Crippen molar-refractivity contribution in [3.05, 3.63) is 29.3 Å². The van der Waals surface area contributed by atoms with Gasteiger partial charge in [0.2, 0.25) is 11.8 Å². The van der Waals surface area contributed by atoms with Crippen LogP contribution in [0, 0.1) is 5.92 Å². The molecule has 4 nitrogen and oxygen atoms in total. The highest BCUT2D eigenvalue weighted by atomic mass is 16.2. The number of nitrogens with zero attached hydrogens (tertiary/aromatic N) is 2. The van der Waals surface area contributed by atoms with E-state index in [1.165, 1.54) is 17.5 Å². The predicted molar refractivity (Wildman–Crippen MR) is 82.2 cm³/mol. The lowest BCUT2D eigenvalue weighted by molar-refractivity contribution is -0.138. The summed E-state index contributed by atoms with van der Waals surface area (Å²) in [4.78, 5) is 28.2. The third-order valence-electron chi connectivity index (χ3n) is 4.75. The molecule has 0 radical (unpaired) electrons. The smallest absolute Gasteiger partial charge is 0.239 e. The number of anilines is 1. The molecule has 0 saturated carbocycles. The Morgan fingerprint density at radius 3 is 2.86 bits per heavy atom. The normalized spacial score (nSPS) is 20.8. The Morgan fingerprint density at radius 2 is 2.10 bits per heavy atom. The van der Waals surface area contributed by atoms with Crippen molar-refractivity contribution >= 4 is 17.5 Å². The summed E-state index contributed by atoms with van der Waals surface area (Å²) < 4.78 is 0. The van der Waals surface area contributed by atoms with Crippen molar-refractivity contribution in [1.29, 1.82) is 0 Å². The van der Waals surface area contributed by atoms with Gasteiger partial charge in [0.1, 0.15) is 5.92 Å². The van der Waals surface area contributed by atoms with E-state index in [0.29, 0.717) is 19.5 Å². The summed E-state index contributed by atoms with van der Waals surface area (Å²) in [5.41, 5.74) is 3.72. The molecule has 2 amide bonds. The van der Waals surface area contributed by atoms with Crippen LogP contribution in [0.15, 0.2) is 18.2 Å². The maximum absolute atomic E-state index is 12.5. The van der Waals surface area contributed by atoms with Crippen molar-refractivity contribution in [3.63, 3.8) is 0 Å². The van der Waals surface area contributed by atoms with Gasteiger partial charge in [0.15, 0.2) is 0 Å². The molecule has 2 aliphatic rings. The fourth-order valence-corrected chi connectivity index (χ4v) is 3.31. The van der Waals surface area contributed by atoms with E-state index in [1.54, 1.807) is 16.8 Å². The molecule has 1 fully saturated rings. The van der Waals surface area contributed by atoms with Crippen molar-refractivity contribution in [3.8, 4) is 0 Å². The topological polar surface area (TPSA) is 40.6 Å². The standard InChI is InChI=1S/C17H22N2O2/c1-3-18(2)16(20)15-9-10-19(17(15)21)14-8-7-12-5-4-6-13(12)11-14/h7-8,11,15H,3-6,9-10H2,1-2H3. The molecule has 0 N–H and O–H groups in total. The number of carbonyl (C=O) groups is 2. The van der Waals surface area contributed by atoms with Crippen molar-refractivity contribution in [1.82, 2.24) is 4.90 Å². The third kappa shape index (κ3) is 2.43. The van der Waals surface area contributed by atoms with E-state index in [9.17, 15) is 9.59 Å². The molecule has 0 spiro atoms. The first-order chi connectivity index (χ1) is 10.1. The van der Waals surface area contributed by atoms with Crippen LogP contribution < -0.4 is 4.90 Å². The van der Waals surface area contributed by atoms with Crippen LogP contribution in [0.3, 0.4) is 0 Å². The zero-order chi connectivity index (χ0) is 15.0. The average molecular weight is 286 g/mol. The lowest BCUT2D eigenvalue weighted by Crippen LogP contribution is -2.37. The van der Waals surface area contributed by atoms with Gasteiger partial charge < -0.3 is 9.80 Å². The average Bonchev–Trinajstić information content (AvgIpc) is 3.11. The minimum Gasteiger partial charge on any atom is -0.345 e. The van der Waals surface area contributed by atoms with Crippen LogP contribution >= 0.6 is 0 Å². The number of fused-ring (bicyclic) bond motifs is 1. The molecule has 1 aliphatic carbocycles. The molecule has 4 heteroatoms. The highest BCUT2D eigenvalue weighted by Crippen LogP contribution is 2.31. The number of hydrogen-bond acceptors (Lipinski definition) is 2. The van der Waals surface area contributed by atoms with E-state index in [-0.39, 0.29) is 11.8 Å². The summed E-state index contributed by atoms with van der Waals surface area (Å²) in [5.74, 6) is -0.590. The van der Waals surface area contributed by atoms with Crippen LogP contribution in [-0.4, -0.2) is 36.9 Å². The Labute approximate surface area is 125 Å². The van der Waals surface area contributed by atoms with Gasteiger partial charge in [-0.2, -0.15) is 0 Å². The predicted octanol–water partition coefficient (Wildman–Crippen LogP) is 2.01. The minimum absolute atomic E-state index is 0.0433. The molecule has 0 bridgehead atoms. The van der Waals surface area contributed by atoms with Crippen molar-refractivity contribution < 1.29 is 9.59 Å². The van der Waals surface area contributed by atoms with Crippen molar-refractivity contribution in [2.75, 3.05) is 25.0 Å². The van der Waals surface area contributed by atoms with Crippen LogP contribution in [0.25, 0.3) is 0 Å². The second-order valence-corrected chi connectivity index (χ2v) is 5.99. The monoisotopic (exact) mass is 286 g/mol. The number of benzene rings is 1. The largest absolute Gasteiger partial charge is 0.345 e. The van der Waals surface area contributed by atoms with Crippen LogP contribution in [0.1, 0.15) is 30.9 Å². The van der Waals surface area contributed by atoms with Crippen LogP contribution in [0.5, 0.6) is 0 Å². The van der Waals surface area contributed by atoms with E-state index in [2.05, 4.69) is 12.1 Å². The van der Waals surface area contributed by atoms with Gasteiger partial charge in [0, 0.05) is 25.8 Å². The van der Waals surface area contributed by atoms with E-state index < -0.39 is 5.92 Å². The van der Waals surface area contributed by atoms with Crippen molar-refractivity contribution in [2.45, 2.75) is 32.6 Å². The van der Waals surface area contributed by atoms with Gasteiger partial charge in [-0.15, -0.1) is 0 Å². The lowest BCUT2D eigenvalue weighted by atomic mass is 10.1. The second kappa shape index (κ2) is 5.51. The Hall–Kier alpha value is -1.84. The molecule has 1 atom stereocenters. The van der Waals surface area contributed by atoms with Gasteiger partial charge in [0.25, 0.3) is 0 Å². The number of hydrogen-bond donors (Lipinski definition) is 0. The zero-order valence-corrected chi connectivity index (χ0v) is 12.8. The molecule has 1 heterocycles. The maximum atomic E-state index is 12.5. The fourth-order valence-electron chi connectivity index (χ4n) is 3.31. The Bertz CT molecular complexity index is 582. The zero-order valence-electron chi connectivity index (χ0n) is 12.8. The van der Waals surface area contributed by atoms with E-state index in [0.717, 1.165) is 18.5 Å². The molecule has 21 heavy (non-hydrogen) atoms. The molecule has 0 aromatic heterocycles. The Balaban J connectivity index is 1.79. The first kappa shape index (κ1) is 14.1. The summed E-state index contributed by atoms with van der Waals surface area (Å²) in [7, 11) is 1.76. The summed E-state index contributed by atoms with van der Waals surface area (Å²) in [6, 6.07) is 6.30. The van der Waals surface area contributed by atoms with Gasteiger partial charge in [-0.3, -0.25) is 9.59 Å². The summed E-state index contributed by atoms with van der Waals surface area (Å²) >= 11 is 0. The SMILES string of the molecule is CCN(C)C(=O)C1CCN(c2ccc3c(c2)CCC3)C1=O. The summed E-state index contributed by atoms with van der Waals surface area (Å²) in [6.45, 7) is 3.21. The highest BCUT2D eigenvalue weighted by Gasteiger charge is 2.38. The van der Waals surface area contributed by atoms with Crippen molar-refractivity contribution in [2.24, 2.45) is 5.92 Å². The van der Waals surface area contributed by atoms with Gasteiger partial charge >= 0.3 is 0 Å². The number of rotatable bonds is 3. The van der Waals surface area contributed by atoms with Gasteiger partial charge in [-0.1, -0.05) is 6.07 Å². The maximum Gasteiger partial charge on any atom is 0.239 e. The lowest BCUT2D eigenvalue weighted by Gasteiger charge is -2.20. The third-order valence-corrected chi connectivity index (χ3v) is 4.75. The van der Waals surface area contributed by atoms with Gasteiger partial charge in [0.05, 0.1) is 0 Å². The second-order valence-electron chi connectivity index (χ2n) is 5.99. The Morgan fingerprint density at radius 1 is 1.33 bits per heavy atom. The van der Waals surface area contributed by atoms with Crippen LogP contribution in [0.2, 0.25) is 0 Å². The van der Waals surface area contributed by atoms with E-state index >= 15 is 0 Å². The molecule has 1 saturated heterocycles. The molecule has 1 aliphatic heterocycles. The first-order valence-electron chi connectivity index (χ1n) is 7.80. The quantitative estimate of drug-likeness (QED) is 0.798. The van der Waals surface area contributed by atoms with E-state index in [4.69, 9.17) is 0 Å². The highest BCUT2D eigenvalue weighted by molar-refractivity contribution is 6.09. The minimum atomic E-state index is -0.497. The number of carbonyl (C=O) groups excluding carboxylic acids is 2. The van der Waals surface area contributed by atoms with Gasteiger partial charge in [-0.05, 0) is 55.9 Å². The van der Waals surface area contributed by atoms with Gasteiger partial charge in [-0.25, -0.2) is 0 Å². The summed E-state index contributed by atoms with van der Waals surface area (Å²) in [5, 5.41) is 0. The fraction of sp³-hybridized carbons (Fsp3) is 0.529.